The molecular formula is C19H13Cl2FN4O. The fourth-order valence-electron chi connectivity index (χ4n) is 3.02. The zero-order valence-electron chi connectivity index (χ0n) is 13.9. The van der Waals surface area contributed by atoms with Gasteiger partial charge in [0, 0.05) is 11.8 Å². The maximum absolute atomic E-state index is 13.5. The zero-order valence-corrected chi connectivity index (χ0v) is 15.4. The zero-order chi connectivity index (χ0) is 19.1. The van der Waals surface area contributed by atoms with Crippen LogP contribution in [0.3, 0.4) is 0 Å². The molecule has 0 radical (unpaired) electrons. The quantitative estimate of drug-likeness (QED) is 0.520. The number of hydrogen-bond donors (Lipinski definition) is 1. The monoisotopic (exact) mass is 402 g/mol. The van der Waals surface area contributed by atoms with E-state index in [4.69, 9.17) is 28.9 Å². The molecule has 0 aliphatic carbocycles. The van der Waals surface area contributed by atoms with E-state index in [2.05, 4.69) is 5.10 Å². The van der Waals surface area contributed by atoms with E-state index >= 15 is 0 Å². The molecule has 0 fully saturated rings. The summed E-state index contributed by atoms with van der Waals surface area (Å²) in [7, 11) is 0. The highest BCUT2D eigenvalue weighted by molar-refractivity contribution is 6.38. The lowest BCUT2D eigenvalue weighted by Gasteiger charge is -2.11. The molecule has 0 bridgehead atoms. The summed E-state index contributed by atoms with van der Waals surface area (Å²) < 4.78 is 16.6. The van der Waals surface area contributed by atoms with Gasteiger partial charge in [0.1, 0.15) is 11.5 Å². The third-order valence-corrected chi connectivity index (χ3v) is 4.78. The predicted molar refractivity (Wildman–Crippen MR) is 105 cm³/mol. The van der Waals surface area contributed by atoms with Crippen molar-refractivity contribution in [2.24, 2.45) is 0 Å². The molecule has 0 saturated heterocycles. The van der Waals surface area contributed by atoms with Crippen molar-refractivity contribution in [1.29, 1.82) is 0 Å². The number of fused-ring (bicyclic) bond motifs is 1. The normalized spacial score (nSPS) is 11.2. The van der Waals surface area contributed by atoms with E-state index in [0.717, 1.165) is 0 Å². The molecule has 27 heavy (non-hydrogen) atoms. The lowest BCUT2D eigenvalue weighted by molar-refractivity contribution is 0.623. The fourth-order valence-corrected chi connectivity index (χ4v) is 3.68. The fraction of sp³-hybridized carbons (Fsp3) is 0.0526. The van der Waals surface area contributed by atoms with E-state index in [9.17, 15) is 9.18 Å². The number of pyridine rings is 1. The molecule has 136 valence electrons. The van der Waals surface area contributed by atoms with E-state index < -0.39 is 0 Å². The van der Waals surface area contributed by atoms with Crippen molar-refractivity contribution >= 4 is 39.9 Å². The number of nitrogen functional groups attached to an aromatic ring is 1. The second-order valence-electron chi connectivity index (χ2n) is 6.05. The average Bonchev–Trinajstić information content (AvgIpc) is 3.01. The number of anilines is 1. The van der Waals surface area contributed by atoms with Crippen LogP contribution < -0.4 is 11.3 Å². The molecule has 0 aliphatic rings. The van der Waals surface area contributed by atoms with Crippen LogP contribution in [-0.2, 0) is 6.54 Å². The van der Waals surface area contributed by atoms with Crippen LogP contribution in [0.1, 0.15) is 5.56 Å². The molecule has 4 aromatic rings. The van der Waals surface area contributed by atoms with Crippen molar-refractivity contribution in [2.75, 3.05) is 5.73 Å². The predicted octanol–water partition coefficient (Wildman–Crippen LogP) is 4.26. The molecule has 0 amide bonds. The van der Waals surface area contributed by atoms with Crippen LogP contribution in [0.15, 0.2) is 59.5 Å². The second kappa shape index (κ2) is 6.72. The van der Waals surface area contributed by atoms with Crippen LogP contribution in [0.25, 0.3) is 16.7 Å². The number of nitrogens with two attached hydrogens (primary N) is 1. The van der Waals surface area contributed by atoms with Crippen molar-refractivity contribution in [2.45, 2.75) is 6.54 Å². The lowest BCUT2D eigenvalue weighted by atomic mass is 10.2. The van der Waals surface area contributed by atoms with Gasteiger partial charge < -0.3 is 10.3 Å². The summed E-state index contributed by atoms with van der Waals surface area (Å²) in [6.45, 7) is 0.211. The summed E-state index contributed by atoms with van der Waals surface area (Å²) in [5.74, 6) is -0.358. The molecule has 2 aromatic heterocycles. The van der Waals surface area contributed by atoms with Crippen LogP contribution in [0.4, 0.5) is 10.1 Å². The first-order chi connectivity index (χ1) is 12.9. The molecule has 2 aromatic carbocycles. The summed E-state index contributed by atoms with van der Waals surface area (Å²) >= 11 is 12.6. The lowest BCUT2D eigenvalue weighted by Crippen LogP contribution is -2.19. The van der Waals surface area contributed by atoms with Gasteiger partial charge in [0.05, 0.1) is 33.8 Å². The van der Waals surface area contributed by atoms with Crippen molar-refractivity contribution in [3.8, 4) is 5.69 Å². The molecule has 0 spiro atoms. The average molecular weight is 403 g/mol. The number of rotatable bonds is 3. The first-order valence-electron chi connectivity index (χ1n) is 8.01. The Morgan fingerprint density at radius 2 is 1.78 bits per heavy atom. The minimum Gasteiger partial charge on any atom is -0.399 e. The van der Waals surface area contributed by atoms with E-state index in [1.807, 2.05) is 0 Å². The third kappa shape index (κ3) is 3.18. The Bertz CT molecular complexity index is 1210. The van der Waals surface area contributed by atoms with Gasteiger partial charge in [-0.2, -0.15) is 5.10 Å². The molecule has 4 rings (SSSR count). The first-order valence-corrected chi connectivity index (χ1v) is 8.76. The smallest absolute Gasteiger partial charge is 0.251 e. The molecule has 0 atom stereocenters. The van der Waals surface area contributed by atoms with Gasteiger partial charge in [-0.3, -0.25) is 4.79 Å². The maximum atomic E-state index is 13.5. The molecule has 2 heterocycles. The molecule has 2 N–H and O–H groups in total. The molecular weight excluding hydrogens is 390 g/mol. The second-order valence-corrected chi connectivity index (χ2v) is 6.86. The van der Waals surface area contributed by atoms with Crippen LogP contribution in [-0.4, -0.2) is 14.3 Å². The van der Waals surface area contributed by atoms with Gasteiger partial charge in [-0.1, -0.05) is 35.3 Å². The Labute approximate surface area is 163 Å². The topological polar surface area (TPSA) is 65.8 Å². The van der Waals surface area contributed by atoms with Crippen molar-refractivity contribution in [3.05, 3.63) is 86.5 Å². The Kier molecular flexibility index (Phi) is 4.37. The van der Waals surface area contributed by atoms with E-state index in [-0.39, 0.29) is 17.9 Å². The standard InChI is InChI=1S/C19H13Cl2FN4O/c20-14-7-13(23)8-15(21)19(14)26-16-4-5-18(27)25(17(16)9-24-26)10-11-2-1-3-12(22)6-11/h1-9H,10,23H2. The molecule has 0 unspecified atom stereocenters. The number of nitrogens with zero attached hydrogens (tertiary/aromatic N) is 3. The third-order valence-electron chi connectivity index (χ3n) is 4.21. The minimum absolute atomic E-state index is 0.211. The molecule has 0 aliphatic heterocycles. The highest BCUT2D eigenvalue weighted by Crippen LogP contribution is 2.32. The number of halogens is 3. The Morgan fingerprint density at radius 3 is 2.48 bits per heavy atom. The van der Waals surface area contributed by atoms with Crippen LogP contribution in [0, 0.1) is 5.82 Å². The van der Waals surface area contributed by atoms with Crippen LogP contribution in [0.5, 0.6) is 0 Å². The summed E-state index contributed by atoms with van der Waals surface area (Å²) in [6.07, 6.45) is 1.55. The van der Waals surface area contributed by atoms with Gasteiger partial charge in [0.2, 0.25) is 0 Å². The van der Waals surface area contributed by atoms with Gasteiger partial charge in [-0.25, -0.2) is 9.07 Å². The van der Waals surface area contributed by atoms with Crippen molar-refractivity contribution in [1.82, 2.24) is 14.3 Å². The Morgan fingerprint density at radius 1 is 1.04 bits per heavy atom. The van der Waals surface area contributed by atoms with Gasteiger partial charge in [0.15, 0.2) is 0 Å². The summed E-state index contributed by atoms with van der Waals surface area (Å²) in [5.41, 5.74) is 8.33. The Hall–Kier alpha value is -2.83. The molecule has 5 nitrogen and oxygen atoms in total. The highest BCUT2D eigenvalue weighted by Gasteiger charge is 2.16. The number of benzene rings is 2. The van der Waals surface area contributed by atoms with Crippen molar-refractivity contribution in [3.63, 3.8) is 0 Å². The summed E-state index contributed by atoms with van der Waals surface area (Å²) in [4.78, 5) is 12.4. The van der Waals surface area contributed by atoms with Crippen LogP contribution in [0.2, 0.25) is 10.0 Å². The van der Waals surface area contributed by atoms with E-state index in [0.29, 0.717) is 38.0 Å². The molecule has 8 heteroatoms. The van der Waals surface area contributed by atoms with E-state index in [1.165, 1.54) is 22.8 Å². The van der Waals surface area contributed by atoms with Crippen molar-refractivity contribution < 1.29 is 4.39 Å². The first kappa shape index (κ1) is 17.6. The summed E-state index contributed by atoms with van der Waals surface area (Å²) in [6, 6.07) is 12.4. The summed E-state index contributed by atoms with van der Waals surface area (Å²) in [5, 5.41) is 5.03. The van der Waals surface area contributed by atoms with E-state index in [1.54, 1.807) is 41.2 Å². The molecule has 0 saturated carbocycles. The van der Waals surface area contributed by atoms with Gasteiger partial charge in [-0.15, -0.1) is 0 Å². The highest BCUT2D eigenvalue weighted by atomic mass is 35.5. The largest absolute Gasteiger partial charge is 0.399 e. The van der Waals surface area contributed by atoms with Crippen LogP contribution >= 0.6 is 23.2 Å². The number of aromatic nitrogens is 3. The van der Waals surface area contributed by atoms with Gasteiger partial charge in [0.25, 0.3) is 5.56 Å². The van der Waals surface area contributed by atoms with Gasteiger partial charge >= 0.3 is 0 Å². The van der Waals surface area contributed by atoms with Gasteiger partial charge in [-0.05, 0) is 35.9 Å². The minimum atomic E-state index is -0.358. The maximum Gasteiger partial charge on any atom is 0.251 e. The SMILES string of the molecule is Nc1cc(Cl)c(-n2ncc3c2ccc(=O)n3Cc2cccc(F)c2)c(Cl)c1. The Balaban J connectivity index is 1.90. The number of hydrogen-bond acceptors (Lipinski definition) is 3.